The van der Waals surface area contributed by atoms with Gasteiger partial charge in [0.1, 0.15) is 17.8 Å². The molecule has 0 spiro atoms. The van der Waals surface area contributed by atoms with Crippen LogP contribution in [0.2, 0.25) is 0 Å². The number of nitrogens with zero attached hydrogens (tertiary/aromatic N) is 4. The third-order valence-electron chi connectivity index (χ3n) is 8.91. The average molecular weight is 746 g/mol. The Kier molecular flexibility index (Phi) is 6.85. The van der Waals surface area contributed by atoms with Crippen molar-refractivity contribution in [2.24, 2.45) is 16.8 Å². The fourth-order valence-corrected chi connectivity index (χ4v) is 6.90. The van der Waals surface area contributed by atoms with Crippen molar-refractivity contribution in [3.63, 3.8) is 0 Å². The van der Waals surface area contributed by atoms with Gasteiger partial charge >= 0.3 is 21.1 Å². The number of hydrogen-bond acceptors (Lipinski definition) is 6. The number of aromatic nitrogens is 2. The molecule has 216 valence electrons. The molecule has 2 aliphatic carbocycles. The zero-order valence-electron chi connectivity index (χ0n) is 24.1. The molecule has 43 heavy (non-hydrogen) atoms. The van der Waals surface area contributed by atoms with Crippen molar-refractivity contribution in [2.45, 2.75) is 44.8 Å². The number of para-hydroxylation sites is 1. The van der Waals surface area contributed by atoms with Crippen LogP contribution in [0.25, 0.3) is 0 Å². The largest absolute Gasteiger partial charge is 2.00 e. The molecule has 4 aliphatic rings. The van der Waals surface area contributed by atoms with Crippen LogP contribution in [0.5, 0.6) is 11.5 Å². The summed E-state index contributed by atoms with van der Waals surface area (Å²) in [5.41, 5.74) is 5.79. The van der Waals surface area contributed by atoms with E-state index in [0.717, 1.165) is 29.2 Å². The molecule has 2 aromatic carbocycles. The molecule has 1 saturated carbocycles. The predicted octanol–water partition coefficient (Wildman–Crippen LogP) is 7.56. The second-order valence-electron chi connectivity index (χ2n) is 12.0. The molecule has 0 N–H and O–H groups in total. The maximum Gasteiger partial charge on any atom is 2.00 e. The van der Waals surface area contributed by atoms with Crippen LogP contribution < -0.4 is 9.64 Å². The summed E-state index contributed by atoms with van der Waals surface area (Å²) < 4.78 is 12.6. The van der Waals surface area contributed by atoms with E-state index in [-0.39, 0.29) is 38.6 Å². The van der Waals surface area contributed by atoms with Gasteiger partial charge in [-0.1, -0.05) is 81.1 Å². The summed E-state index contributed by atoms with van der Waals surface area (Å²) in [4.78, 5) is 16.5. The van der Waals surface area contributed by atoms with Crippen LogP contribution >= 0.6 is 0 Å². The van der Waals surface area contributed by atoms with Gasteiger partial charge < -0.3 is 19.4 Å². The number of anilines is 3. The van der Waals surface area contributed by atoms with Gasteiger partial charge in [0.2, 0.25) is 0 Å². The molecule has 0 amide bonds. The van der Waals surface area contributed by atoms with Crippen molar-refractivity contribution < 1.29 is 30.5 Å². The zero-order chi connectivity index (χ0) is 28.4. The van der Waals surface area contributed by atoms with Gasteiger partial charge in [0.05, 0.1) is 6.04 Å². The topological polar surface area (TPSA) is 59.8 Å². The Hall–Kier alpha value is -4.02. The number of rotatable bonds is 4. The molecule has 0 radical (unpaired) electrons. The molecule has 6 nitrogen and oxygen atoms in total. The van der Waals surface area contributed by atoms with Gasteiger partial charge in [-0.15, -0.1) is 24.3 Å². The maximum absolute atomic E-state index is 6.36. The monoisotopic (exact) mass is 745 g/mol. The molecular formula is C36H30N4O2Pt. The van der Waals surface area contributed by atoms with Gasteiger partial charge in [0.25, 0.3) is 0 Å². The van der Waals surface area contributed by atoms with Gasteiger partial charge in [0, 0.05) is 46.0 Å². The van der Waals surface area contributed by atoms with Crippen molar-refractivity contribution in [2.75, 3.05) is 4.90 Å². The van der Waals surface area contributed by atoms with Crippen LogP contribution in [0.3, 0.4) is 0 Å². The van der Waals surface area contributed by atoms with Crippen molar-refractivity contribution in [3.8, 4) is 11.5 Å². The average Bonchev–Trinajstić information content (AvgIpc) is 3.56. The number of benzene rings is 2. The third kappa shape index (κ3) is 4.64. The van der Waals surface area contributed by atoms with E-state index in [0.29, 0.717) is 34.9 Å². The van der Waals surface area contributed by atoms with Gasteiger partial charge in [-0.05, 0) is 36.2 Å². The summed E-state index contributed by atoms with van der Waals surface area (Å²) >= 11 is 0. The fourth-order valence-electron chi connectivity index (χ4n) is 6.90. The summed E-state index contributed by atoms with van der Waals surface area (Å²) in [6.07, 6.45) is 13.4. The molecule has 2 aliphatic heterocycles. The number of allylic oxidation sites excluding steroid dienone is 3. The van der Waals surface area contributed by atoms with Crippen LogP contribution in [0.15, 0.2) is 96.3 Å². The molecule has 4 heterocycles. The minimum atomic E-state index is -0.184. The van der Waals surface area contributed by atoms with Crippen LogP contribution in [0.4, 0.5) is 17.2 Å². The Morgan fingerprint density at radius 3 is 2.67 bits per heavy atom. The zero-order valence-corrected chi connectivity index (χ0v) is 26.4. The summed E-state index contributed by atoms with van der Waals surface area (Å²) in [5, 5.41) is 0. The van der Waals surface area contributed by atoms with Crippen molar-refractivity contribution >= 4 is 23.1 Å². The number of hydrogen-bond donors (Lipinski definition) is 0. The van der Waals surface area contributed by atoms with Gasteiger partial charge in [0.15, 0.2) is 0 Å². The first-order valence-electron chi connectivity index (χ1n) is 14.5. The Bertz CT molecular complexity index is 1760. The first-order chi connectivity index (χ1) is 20.5. The van der Waals surface area contributed by atoms with E-state index in [1.807, 2.05) is 18.3 Å². The quantitative estimate of drug-likeness (QED) is 0.202. The van der Waals surface area contributed by atoms with Crippen LogP contribution in [0, 0.1) is 30.9 Å². The van der Waals surface area contributed by atoms with Crippen molar-refractivity contribution in [1.82, 2.24) is 9.97 Å². The van der Waals surface area contributed by atoms with Gasteiger partial charge in [-0.3, -0.25) is 4.98 Å². The molecular weight excluding hydrogens is 716 g/mol. The molecule has 4 aromatic rings. The van der Waals surface area contributed by atoms with Crippen molar-refractivity contribution in [3.05, 3.63) is 126 Å². The maximum atomic E-state index is 6.36. The third-order valence-corrected chi connectivity index (χ3v) is 8.91. The predicted molar refractivity (Wildman–Crippen MR) is 163 cm³/mol. The summed E-state index contributed by atoms with van der Waals surface area (Å²) in [7, 11) is 0. The molecule has 2 unspecified atom stereocenters. The Labute approximate surface area is 266 Å². The smallest absolute Gasteiger partial charge is 0.527 e. The summed E-state index contributed by atoms with van der Waals surface area (Å²) in [6, 6.07) is 25.5. The molecule has 2 aromatic heterocycles. The SMILES string of the molecule is Cc1cc(Oc2[c-]c(C3=N[C@@H]4C5C=CC=CC5C[C@@H]4O3)ncc2)[c-]c(N2c3ccccc3C(C)(C)c3cccnc32)c1.[Pt+2]. The molecule has 0 saturated heterocycles. The van der Waals surface area contributed by atoms with E-state index in [4.69, 9.17) is 19.5 Å². The molecule has 7 heteroatoms. The normalized spacial score (nSPS) is 23.7. The van der Waals surface area contributed by atoms with Crippen molar-refractivity contribution in [1.29, 1.82) is 0 Å². The second-order valence-corrected chi connectivity index (χ2v) is 12.0. The van der Waals surface area contributed by atoms with E-state index < -0.39 is 0 Å². The first kappa shape index (κ1) is 27.8. The number of aryl methyl sites for hydroxylation is 1. The fraction of sp³-hybridized carbons (Fsp3) is 0.250. The molecule has 4 atom stereocenters. The molecule has 0 bridgehead atoms. The number of fused-ring (bicyclic) bond motifs is 5. The van der Waals surface area contributed by atoms with Crippen LogP contribution in [-0.4, -0.2) is 28.0 Å². The van der Waals surface area contributed by atoms with E-state index >= 15 is 0 Å². The van der Waals surface area contributed by atoms with E-state index in [9.17, 15) is 0 Å². The molecule has 8 rings (SSSR count). The number of ether oxygens (including phenoxy) is 2. The first-order valence-corrected chi connectivity index (χ1v) is 14.5. The Morgan fingerprint density at radius 1 is 0.930 bits per heavy atom. The number of aliphatic imine (C=N–C) groups is 1. The van der Waals surface area contributed by atoms with Crippen LogP contribution in [0.1, 0.15) is 42.7 Å². The van der Waals surface area contributed by atoms with E-state index in [1.54, 1.807) is 12.3 Å². The van der Waals surface area contributed by atoms with Crippen LogP contribution in [-0.2, 0) is 31.2 Å². The standard InChI is InChI=1S/C36H30N4O2.Pt/c1-22-17-24(40-31-13-7-6-11-28(31)36(2,3)29-12-8-15-38-34(29)40)20-26(18-22)41-25-14-16-37-30(21-25)35-39-33-27-10-5-4-9-23(27)19-32(33)42-35;/h4-18,23,27,32-33H,19H2,1-3H3;/q-2;+2/t23?,27?,32-,33+;/m0./s1. The minimum absolute atomic E-state index is 0. The van der Waals surface area contributed by atoms with Gasteiger partial charge in [-0.2, -0.15) is 5.56 Å². The summed E-state index contributed by atoms with van der Waals surface area (Å²) in [6.45, 7) is 6.57. The molecule has 1 fully saturated rings. The van der Waals surface area contributed by atoms with E-state index in [1.165, 1.54) is 11.1 Å². The number of pyridine rings is 2. The Morgan fingerprint density at radius 2 is 1.77 bits per heavy atom. The minimum Gasteiger partial charge on any atom is -0.527 e. The van der Waals surface area contributed by atoms with Gasteiger partial charge in [-0.25, -0.2) is 4.98 Å². The Balaban J connectivity index is 0.00000300. The summed E-state index contributed by atoms with van der Waals surface area (Å²) in [5.74, 6) is 3.44. The second kappa shape index (κ2) is 10.6. The van der Waals surface area contributed by atoms with E-state index in [2.05, 4.69) is 103 Å².